The van der Waals surface area contributed by atoms with E-state index in [1.54, 1.807) is 0 Å². The summed E-state index contributed by atoms with van der Waals surface area (Å²) < 4.78 is 13.0. The molecule has 0 radical (unpaired) electrons. The zero-order chi connectivity index (χ0) is 18.4. The van der Waals surface area contributed by atoms with Crippen LogP contribution in [0.5, 0.6) is 0 Å². The molecular weight excluding hydrogens is 331 g/mol. The zero-order valence-electron chi connectivity index (χ0n) is 15.7. The number of piperidine rings is 1. The number of benzene rings is 1. The maximum atomic E-state index is 13.0. The lowest BCUT2D eigenvalue weighted by atomic mass is 10.1. The van der Waals surface area contributed by atoms with Crippen molar-refractivity contribution in [2.75, 3.05) is 44.2 Å². The van der Waals surface area contributed by atoms with Crippen LogP contribution in [0, 0.1) is 11.7 Å². The summed E-state index contributed by atoms with van der Waals surface area (Å²) in [4.78, 5) is 16.8. The second-order valence-electron chi connectivity index (χ2n) is 7.61. The fraction of sp³-hybridized carbons (Fsp3) is 0.650. The Kier molecular flexibility index (Phi) is 6.72. The Labute approximate surface area is 155 Å². The van der Waals surface area contributed by atoms with Crippen LogP contribution in [-0.4, -0.2) is 56.2 Å². The molecule has 1 aromatic rings. The summed E-state index contributed by atoms with van der Waals surface area (Å²) in [6, 6.07) is 6.95. The van der Waals surface area contributed by atoms with Crippen LogP contribution in [0.3, 0.4) is 0 Å². The summed E-state index contributed by atoms with van der Waals surface area (Å²) in [5.74, 6) is 0.229. The Balaban J connectivity index is 1.34. The van der Waals surface area contributed by atoms with Crippen molar-refractivity contribution in [2.45, 2.75) is 38.6 Å². The molecule has 2 atom stereocenters. The number of nitrogens with zero attached hydrogens (tertiary/aromatic N) is 2. The molecule has 3 rings (SSSR count). The van der Waals surface area contributed by atoms with Gasteiger partial charge in [0, 0.05) is 37.9 Å². The lowest BCUT2D eigenvalue weighted by Crippen LogP contribution is -2.47. The smallest absolute Gasteiger partial charge is 0.314 e. The predicted octanol–water partition coefficient (Wildman–Crippen LogP) is 2.83. The molecule has 0 aromatic heterocycles. The molecule has 144 valence electrons. The van der Waals surface area contributed by atoms with Crippen LogP contribution >= 0.6 is 0 Å². The molecule has 0 saturated carbocycles. The molecular formula is C20H31FN4O. The molecule has 2 aliphatic rings. The van der Waals surface area contributed by atoms with E-state index in [4.69, 9.17) is 0 Å². The van der Waals surface area contributed by atoms with E-state index < -0.39 is 0 Å². The Morgan fingerprint density at radius 2 is 1.88 bits per heavy atom. The molecule has 2 unspecified atom stereocenters. The number of amides is 2. The Morgan fingerprint density at radius 1 is 1.15 bits per heavy atom. The van der Waals surface area contributed by atoms with E-state index in [1.807, 2.05) is 12.1 Å². The van der Waals surface area contributed by atoms with Crippen molar-refractivity contribution in [3.63, 3.8) is 0 Å². The van der Waals surface area contributed by atoms with Crippen molar-refractivity contribution in [2.24, 2.45) is 5.92 Å². The number of rotatable bonds is 6. The maximum Gasteiger partial charge on any atom is 0.314 e. The lowest BCUT2D eigenvalue weighted by molar-refractivity contribution is 0.170. The number of carbonyl (C=O) groups excluding carboxylic acids is 1. The molecule has 6 heteroatoms. The van der Waals surface area contributed by atoms with Gasteiger partial charge >= 0.3 is 6.03 Å². The topological polar surface area (TPSA) is 47.6 Å². The summed E-state index contributed by atoms with van der Waals surface area (Å²) in [6.07, 6.45) is 4.90. The highest BCUT2D eigenvalue weighted by atomic mass is 19.1. The summed E-state index contributed by atoms with van der Waals surface area (Å²) in [7, 11) is 0. The molecule has 0 bridgehead atoms. The molecule has 2 fully saturated rings. The van der Waals surface area contributed by atoms with Gasteiger partial charge in [-0.25, -0.2) is 9.18 Å². The largest absolute Gasteiger partial charge is 0.371 e. The first-order chi connectivity index (χ1) is 12.6. The fourth-order valence-corrected chi connectivity index (χ4v) is 3.91. The lowest BCUT2D eigenvalue weighted by Gasteiger charge is -2.32. The van der Waals surface area contributed by atoms with Gasteiger partial charge in [0.05, 0.1) is 0 Å². The second-order valence-corrected chi connectivity index (χ2v) is 7.61. The van der Waals surface area contributed by atoms with Gasteiger partial charge < -0.3 is 15.5 Å². The number of nitrogens with one attached hydrogen (secondary N) is 2. The average molecular weight is 362 g/mol. The average Bonchev–Trinajstić information content (AvgIpc) is 3.14. The van der Waals surface area contributed by atoms with Crippen molar-refractivity contribution in [1.82, 2.24) is 15.5 Å². The van der Waals surface area contributed by atoms with E-state index >= 15 is 0 Å². The van der Waals surface area contributed by atoms with Crippen molar-refractivity contribution in [3.05, 3.63) is 30.1 Å². The number of likely N-dealkylation sites (tertiary alicyclic amines) is 1. The van der Waals surface area contributed by atoms with Gasteiger partial charge in [0.1, 0.15) is 5.82 Å². The SMILES string of the molecule is CC(CNC(=O)NCC1CCN(c2ccc(F)cc2)C1)N1CCCCC1. The van der Waals surface area contributed by atoms with Gasteiger partial charge in [0.2, 0.25) is 0 Å². The van der Waals surface area contributed by atoms with Crippen molar-refractivity contribution in [3.8, 4) is 0 Å². The third-order valence-corrected chi connectivity index (χ3v) is 5.60. The monoisotopic (exact) mass is 362 g/mol. The van der Waals surface area contributed by atoms with Crippen molar-refractivity contribution < 1.29 is 9.18 Å². The first-order valence-corrected chi connectivity index (χ1v) is 9.88. The first kappa shape index (κ1) is 19.0. The van der Waals surface area contributed by atoms with E-state index in [0.29, 0.717) is 25.0 Å². The van der Waals surface area contributed by atoms with E-state index in [2.05, 4.69) is 27.4 Å². The van der Waals surface area contributed by atoms with Gasteiger partial charge in [-0.15, -0.1) is 0 Å². The van der Waals surface area contributed by atoms with Crippen LogP contribution in [0.4, 0.5) is 14.9 Å². The van der Waals surface area contributed by atoms with Gasteiger partial charge in [0.15, 0.2) is 0 Å². The summed E-state index contributed by atoms with van der Waals surface area (Å²) in [5.41, 5.74) is 1.05. The quantitative estimate of drug-likeness (QED) is 0.818. The molecule has 2 saturated heterocycles. The second kappa shape index (κ2) is 9.21. The van der Waals surface area contributed by atoms with Gasteiger partial charge in [-0.1, -0.05) is 6.42 Å². The molecule has 2 aliphatic heterocycles. The predicted molar refractivity (Wildman–Crippen MR) is 103 cm³/mol. The first-order valence-electron chi connectivity index (χ1n) is 9.88. The normalized spacial score (nSPS) is 22.2. The molecule has 26 heavy (non-hydrogen) atoms. The molecule has 2 heterocycles. The molecule has 5 nitrogen and oxygen atoms in total. The fourth-order valence-electron chi connectivity index (χ4n) is 3.91. The third-order valence-electron chi connectivity index (χ3n) is 5.60. The summed E-state index contributed by atoms with van der Waals surface area (Å²) in [6.45, 7) is 7.70. The number of halogens is 1. The Hall–Kier alpha value is -1.82. The highest BCUT2D eigenvalue weighted by Crippen LogP contribution is 2.23. The number of carbonyl (C=O) groups is 1. The summed E-state index contributed by atoms with van der Waals surface area (Å²) >= 11 is 0. The van der Waals surface area contributed by atoms with Crippen LogP contribution in [0.1, 0.15) is 32.6 Å². The number of anilines is 1. The van der Waals surface area contributed by atoms with Crippen LogP contribution in [-0.2, 0) is 0 Å². The highest BCUT2D eigenvalue weighted by molar-refractivity contribution is 5.73. The Morgan fingerprint density at radius 3 is 2.62 bits per heavy atom. The minimum atomic E-state index is -0.207. The van der Waals surface area contributed by atoms with Gasteiger partial charge in [0.25, 0.3) is 0 Å². The van der Waals surface area contributed by atoms with Crippen LogP contribution in [0.25, 0.3) is 0 Å². The van der Waals surface area contributed by atoms with Gasteiger partial charge in [-0.05, 0) is 69.5 Å². The molecule has 2 amide bonds. The third kappa shape index (κ3) is 5.34. The molecule has 2 N–H and O–H groups in total. The maximum absolute atomic E-state index is 13.0. The van der Waals surface area contributed by atoms with Crippen molar-refractivity contribution >= 4 is 11.7 Å². The Bertz CT molecular complexity index is 574. The van der Waals surface area contributed by atoms with Crippen molar-refractivity contribution in [1.29, 1.82) is 0 Å². The summed E-state index contributed by atoms with van der Waals surface area (Å²) in [5, 5.41) is 6.01. The minimum absolute atomic E-state index is 0.0749. The van der Waals surface area contributed by atoms with Gasteiger partial charge in [-0.2, -0.15) is 0 Å². The number of hydrogen-bond acceptors (Lipinski definition) is 3. The molecule has 1 aromatic carbocycles. The highest BCUT2D eigenvalue weighted by Gasteiger charge is 2.23. The molecule has 0 aliphatic carbocycles. The standard InChI is InChI=1S/C20H31FN4O/c1-16(24-10-3-2-4-11-24)13-22-20(26)23-14-17-9-12-25(15-17)19-7-5-18(21)6-8-19/h5-8,16-17H,2-4,9-15H2,1H3,(H2,22,23,26). The van der Waals surface area contributed by atoms with E-state index in [9.17, 15) is 9.18 Å². The minimum Gasteiger partial charge on any atom is -0.371 e. The molecule has 0 spiro atoms. The van der Waals surface area contributed by atoms with Crippen LogP contribution in [0.2, 0.25) is 0 Å². The number of hydrogen-bond donors (Lipinski definition) is 2. The van der Waals surface area contributed by atoms with Crippen LogP contribution in [0.15, 0.2) is 24.3 Å². The van der Waals surface area contributed by atoms with E-state index in [1.165, 1.54) is 31.4 Å². The zero-order valence-corrected chi connectivity index (χ0v) is 15.7. The van der Waals surface area contributed by atoms with Gasteiger partial charge in [-0.3, -0.25) is 4.90 Å². The number of urea groups is 1. The van der Waals surface area contributed by atoms with E-state index in [-0.39, 0.29) is 11.8 Å². The van der Waals surface area contributed by atoms with E-state index in [0.717, 1.165) is 38.3 Å². The van der Waals surface area contributed by atoms with Crippen LogP contribution < -0.4 is 15.5 Å².